The van der Waals surface area contributed by atoms with Crippen molar-refractivity contribution in [2.45, 2.75) is 51.2 Å². The molecule has 0 aliphatic heterocycles. The standard InChI is InChI=1S/C24H27N9O2/c1-23(2,35)13-33-12-14(9-30-33)21(34)32-22(27)24(3,15-4-5-15)16-6-7-17(28-10-16)19-11-29-20(26)18(8-25)31-19/h6-7,9-12,15,35H,4-5,13H2,1-3H3,(H2,26,29)(H2,27,32,34)/t24-/m1/s1. The molecule has 11 heteroatoms. The van der Waals surface area contributed by atoms with E-state index in [2.05, 4.69) is 25.0 Å². The van der Waals surface area contributed by atoms with Crippen LogP contribution < -0.4 is 11.5 Å². The SMILES string of the molecule is CC(C)(O)Cn1cc(C(=O)N=C(N)[C@@](C)(c2ccc(-c3cnc(N)c(C#N)n3)nc2)C2CC2)cn1. The van der Waals surface area contributed by atoms with Crippen molar-refractivity contribution in [1.29, 1.82) is 5.26 Å². The number of nitriles is 1. The van der Waals surface area contributed by atoms with E-state index in [-0.39, 0.29) is 29.8 Å². The first kappa shape index (κ1) is 24.0. The van der Waals surface area contributed by atoms with E-state index < -0.39 is 16.9 Å². The van der Waals surface area contributed by atoms with Gasteiger partial charge in [-0.25, -0.2) is 9.97 Å². The summed E-state index contributed by atoms with van der Waals surface area (Å²) in [6, 6.07) is 5.56. The van der Waals surface area contributed by atoms with Gasteiger partial charge in [-0.1, -0.05) is 6.07 Å². The van der Waals surface area contributed by atoms with Gasteiger partial charge in [-0.2, -0.15) is 15.4 Å². The van der Waals surface area contributed by atoms with E-state index in [1.165, 1.54) is 17.1 Å². The Morgan fingerprint density at radius 2 is 1.97 bits per heavy atom. The van der Waals surface area contributed by atoms with Crippen LogP contribution in [0.1, 0.15) is 55.2 Å². The summed E-state index contributed by atoms with van der Waals surface area (Å²) < 4.78 is 1.50. The topological polar surface area (TPSA) is 182 Å². The van der Waals surface area contributed by atoms with Crippen LogP contribution in [-0.2, 0) is 12.0 Å². The summed E-state index contributed by atoms with van der Waals surface area (Å²) in [5, 5.41) is 23.3. The molecule has 3 aromatic rings. The fourth-order valence-corrected chi connectivity index (χ4v) is 3.96. The van der Waals surface area contributed by atoms with Crippen molar-refractivity contribution in [2.75, 3.05) is 5.73 Å². The van der Waals surface area contributed by atoms with Gasteiger partial charge in [-0.15, -0.1) is 0 Å². The van der Waals surface area contributed by atoms with E-state index in [0.717, 1.165) is 18.4 Å². The number of nitrogens with zero attached hydrogens (tertiary/aromatic N) is 7. The summed E-state index contributed by atoms with van der Waals surface area (Å²) in [7, 11) is 0. The number of anilines is 1. The second kappa shape index (κ2) is 8.88. The molecule has 5 N–H and O–H groups in total. The first-order valence-electron chi connectivity index (χ1n) is 11.1. The van der Waals surface area contributed by atoms with Crippen molar-refractivity contribution in [3.63, 3.8) is 0 Å². The Morgan fingerprint density at radius 3 is 2.57 bits per heavy atom. The molecule has 3 aromatic heterocycles. The molecular weight excluding hydrogens is 446 g/mol. The summed E-state index contributed by atoms with van der Waals surface area (Å²) in [6.07, 6.45) is 8.03. The van der Waals surface area contributed by atoms with Crippen molar-refractivity contribution in [1.82, 2.24) is 24.7 Å². The maximum Gasteiger partial charge on any atom is 0.281 e. The maximum absolute atomic E-state index is 12.8. The van der Waals surface area contributed by atoms with Gasteiger partial charge in [0.15, 0.2) is 11.5 Å². The Hall–Kier alpha value is -4.17. The number of carbonyl (C=O) groups excluding carboxylic acids is 1. The maximum atomic E-state index is 12.8. The van der Waals surface area contributed by atoms with Crippen molar-refractivity contribution >= 4 is 17.6 Å². The quantitative estimate of drug-likeness (QED) is 0.340. The van der Waals surface area contributed by atoms with Gasteiger partial charge < -0.3 is 16.6 Å². The third kappa shape index (κ3) is 5.02. The highest BCUT2D eigenvalue weighted by atomic mass is 16.3. The number of nitrogens with two attached hydrogens (primary N) is 2. The molecule has 0 saturated heterocycles. The molecule has 1 amide bonds. The molecule has 1 saturated carbocycles. The zero-order chi connectivity index (χ0) is 25.4. The average molecular weight is 474 g/mol. The summed E-state index contributed by atoms with van der Waals surface area (Å²) in [5.41, 5.74) is 12.5. The fraction of sp³-hybridized carbons (Fsp3) is 0.375. The molecule has 1 aliphatic rings. The molecule has 0 bridgehead atoms. The van der Waals surface area contributed by atoms with E-state index in [1.54, 1.807) is 32.3 Å². The highest BCUT2D eigenvalue weighted by molar-refractivity contribution is 6.06. The molecule has 0 radical (unpaired) electrons. The van der Waals surface area contributed by atoms with Crippen molar-refractivity contribution < 1.29 is 9.90 Å². The van der Waals surface area contributed by atoms with Gasteiger partial charge in [0.2, 0.25) is 0 Å². The number of aliphatic hydroxyl groups is 1. The number of aromatic nitrogens is 5. The minimum Gasteiger partial charge on any atom is -0.389 e. The number of rotatable bonds is 7. The van der Waals surface area contributed by atoms with Gasteiger partial charge in [0.1, 0.15) is 17.6 Å². The van der Waals surface area contributed by atoms with Crippen LogP contribution in [0, 0.1) is 17.2 Å². The second-order valence-corrected chi connectivity index (χ2v) is 9.55. The predicted octanol–water partition coefficient (Wildman–Crippen LogP) is 1.83. The van der Waals surface area contributed by atoms with E-state index in [0.29, 0.717) is 17.0 Å². The average Bonchev–Trinajstić information content (AvgIpc) is 3.57. The number of carbonyl (C=O) groups is 1. The van der Waals surface area contributed by atoms with Gasteiger partial charge in [0.25, 0.3) is 5.91 Å². The van der Waals surface area contributed by atoms with Crippen molar-refractivity contribution in [2.24, 2.45) is 16.6 Å². The smallest absolute Gasteiger partial charge is 0.281 e. The third-order valence-electron chi connectivity index (χ3n) is 6.11. The monoisotopic (exact) mass is 473 g/mol. The molecular formula is C24H27N9O2. The van der Waals surface area contributed by atoms with Crippen molar-refractivity contribution in [3.05, 3.63) is 53.7 Å². The Balaban J connectivity index is 1.60. The van der Waals surface area contributed by atoms with Crippen LogP contribution >= 0.6 is 0 Å². The van der Waals surface area contributed by atoms with E-state index in [4.69, 9.17) is 16.7 Å². The largest absolute Gasteiger partial charge is 0.389 e. The summed E-state index contributed by atoms with van der Waals surface area (Å²) in [4.78, 5) is 29.8. The van der Waals surface area contributed by atoms with E-state index >= 15 is 0 Å². The van der Waals surface area contributed by atoms with Crippen LogP contribution in [0.2, 0.25) is 0 Å². The van der Waals surface area contributed by atoms with Crippen LogP contribution in [-0.4, -0.2) is 47.2 Å². The summed E-state index contributed by atoms with van der Waals surface area (Å²) in [6.45, 7) is 5.53. The van der Waals surface area contributed by atoms with Crippen molar-refractivity contribution in [3.8, 4) is 17.5 Å². The Labute approximate surface area is 202 Å². The Kier molecular flexibility index (Phi) is 6.08. The minimum atomic E-state index is -0.966. The third-order valence-corrected chi connectivity index (χ3v) is 6.11. The van der Waals surface area contributed by atoms with Crippen LogP contribution in [0.3, 0.4) is 0 Å². The molecule has 0 unspecified atom stereocenters. The first-order chi connectivity index (χ1) is 16.5. The number of amidine groups is 1. The van der Waals surface area contributed by atoms with E-state index in [9.17, 15) is 9.90 Å². The normalized spacial score (nSPS) is 15.9. The molecule has 4 rings (SSSR count). The highest BCUT2D eigenvalue weighted by Crippen LogP contribution is 2.47. The van der Waals surface area contributed by atoms with Crippen LogP contribution in [0.15, 0.2) is 41.9 Å². The fourth-order valence-electron chi connectivity index (χ4n) is 3.96. The number of hydrogen-bond acceptors (Lipinski definition) is 8. The van der Waals surface area contributed by atoms with E-state index in [1.807, 2.05) is 19.1 Å². The van der Waals surface area contributed by atoms with Crippen LogP contribution in [0.4, 0.5) is 5.82 Å². The van der Waals surface area contributed by atoms with Crippen LogP contribution in [0.5, 0.6) is 0 Å². The first-order valence-corrected chi connectivity index (χ1v) is 11.1. The van der Waals surface area contributed by atoms with Gasteiger partial charge in [-0.05, 0) is 51.2 Å². The lowest BCUT2D eigenvalue weighted by molar-refractivity contribution is 0.0576. The predicted molar refractivity (Wildman–Crippen MR) is 129 cm³/mol. The number of pyridine rings is 1. The molecule has 180 valence electrons. The minimum absolute atomic E-state index is 0.0389. The molecule has 35 heavy (non-hydrogen) atoms. The molecule has 3 heterocycles. The van der Waals surface area contributed by atoms with Crippen LogP contribution in [0.25, 0.3) is 11.4 Å². The second-order valence-electron chi connectivity index (χ2n) is 9.55. The van der Waals surface area contributed by atoms with Gasteiger partial charge in [-0.3, -0.25) is 14.5 Å². The number of hydrogen-bond donors (Lipinski definition) is 3. The molecule has 1 atom stereocenters. The number of nitrogen functional groups attached to an aromatic ring is 1. The number of amides is 1. The Bertz CT molecular complexity index is 1330. The zero-order valence-corrected chi connectivity index (χ0v) is 19.8. The molecule has 0 aromatic carbocycles. The molecule has 11 nitrogen and oxygen atoms in total. The Morgan fingerprint density at radius 1 is 1.23 bits per heavy atom. The summed E-state index contributed by atoms with van der Waals surface area (Å²) in [5.74, 6) is -0.00414. The summed E-state index contributed by atoms with van der Waals surface area (Å²) >= 11 is 0. The number of aliphatic imine (C=N–C) groups is 1. The molecule has 1 fully saturated rings. The lowest BCUT2D eigenvalue weighted by Crippen LogP contribution is -2.41. The molecule has 1 aliphatic carbocycles. The lowest BCUT2D eigenvalue weighted by Gasteiger charge is -2.29. The van der Waals surface area contributed by atoms with Gasteiger partial charge in [0, 0.05) is 12.4 Å². The highest BCUT2D eigenvalue weighted by Gasteiger charge is 2.46. The zero-order valence-electron chi connectivity index (χ0n) is 19.8. The molecule has 0 spiro atoms. The lowest BCUT2D eigenvalue weighted by atomic mass is 9.77. The van der Waals surface area contributed by atoms with Gasteiger partial charge in [0.05, 0.1) is 41.2 Å². The van der Waals surface area contributed by atoms with Gasteiger partial charge >= 0.3 is 0 Å².